The van der Waals surface area contributed by atoms with Crippen molar-refractivity contribution < 1.29 is 17.7 Å². The van der Waals surface area contributed by atoms with E-state index in [9.17, 15) is 22.9 Å². The molecule has 100 valence electrons. The number of H-pyrrole nitrogens is 1. The molecule has 0 saturated carbocycles. The molecule has 2 rings (SSSR count). The van der Waals surface area contributed by atoms with Gasteiger partial charge in [-0.15, -0.1) is 0 Å². The van der Waals surface area contributed by atoms with Gasteiger partial charge in [-0.05, 0) is 12.1 Å². The number of nitro groups is 1. The number of nitrogens with one attached hydrogen (secondary N) is 2. The van der Waals surface area contributed by atoms with Gasteiger partial charge in [0.15, 0.2) is 4.90 Å². The summed E-state index contributed by atoms with van der Waals surface area (Å²) >= 11 is 0. The molecule has 1 aromatic heterocycles. The molecule has 0 spiro atoms. The summed E-state index contributed by atoms with van der Waals surface area (Å²) in [6.07, 6.45) is 2.65. The van der Waals surface area contributed by atoms with E-state index < -0.39 is 31.3 Å². The third-order valence-corrected chi connectivity index (χ3v) is 3.52. The first kappa shape index (κ1) is 13.0. The van der Waals surface area contributed by atoms with E-state index in [0.29, 0.717) is 0 Å². The van der Waals surface area contributed by atoms with E-state index in [1.54, 1.807) is 0 Å². The van der Waals surface area contributed by atoms with Crippen molar-refractivity contribution in [3.05, 3.63) is 46.5 Å². The van der Waals surface area contributed by atoms with E-state index >= 15 is 0 Å². The van der Waals surface area contributed by atoms with Gasteiger partial charge in [0.05, 0.1) is 4.92 Å². The Morgan fingerprint density at radius 2 is 2.16 bits per heavy atom. The molecule has 8 nitrogen and oxygen atoms in total. The van der Waals surface area contributed by atoms with Crippen LogP contribution < -0.4 is 4.72 Å². The van der Waals surface area contributed by atoms with Crippen LogP contribution in [0.25, 0.3) is 0 Å². The van der Waals surface area contributed by atoms with Crippen molar-refractivity contribution in [2.75, 3.05) is 4.72 Å². The van der Waals surface area contributed by atoms with Crippen LogP contribution >= 0.6 is 0 Å². The van der Waals surface area contributed by atoms with Crippen molar-refractivity contribution >= 4 is 21.7 Å². The lowest BCUT2D eigenvalue weighted by atomic mass is 10.3. The lowest BCUT2D eigenvalue weighted by Gasteiger charge is -2.06. The Kier molecular flexibility index (Phi) is 3.17. The van der Waals surface area contributed by atoms with Crippen LogP contribution in [0.3, 0.4) is 0 Å². The van der Waals surface area contributed by atoms with Gasteiger partial charge in [-0.2, -0.15) is 4.39 Å². The number of aromatic nitrogens is 2. The van der Waals surface area contributed by atoms with Gasteiger partial charge in [-0.1, -0.05) is 6.07 Å². The zero-order chi connectivity index (χ0) is 14.0. The Morgan fingerprint density at radius 3 is 2.74 bits per heavy atom. The van der Waals surface area contributed by atoms with Crippen molar-refractivity contribution in [3.63, 3.8) is 0 Å². The quantitative estimate of drug-likeness (QED) is 0.648. The van der Waals surface area contributed by atoms with Crippen LogP contribution in [0.15, 0.2) is 35.5 Å². The summed E-state index contributed by atoms with van der Waals surface area (Å²) in [5, 5.41) is 10.7. The lowest BCUT2D eigenvalue weighted by molar-refractivity contribution is -0.390. The molecule has 1 aromatic carbocycles. The first-order valence-corrected chi connectivity index (χ1v) is 6.35. The second kappa shape index (κ2) is 4.65. The van der Waals surface area contributed by atoms with Crippen molar-refractivity contribution in [3.8, 4) is 0 Å². The molecular formula is C9H7FN4O4S. The Labute approximate surface area is 106 Å². The third-order valence-electron chi connectivity index (χ3n) is 2.15. The fourth-order valence-electron chi connectivity index (χ4n) is 1.39. The van der Waals surface area contributed by atoms with E-state index in [1.807, 2.05) is 4.72 Å². The van der Waals surface area contributed by atoms with E-state index in [0.717, 1.165) is 18.2 Å². The molecule has 0 aliphatic carbocycles. The average Bonchev–Trinajstić information content (AvgIpc) is 2.80. The number of sulfonamides is 1. The molecule has 10 heteroatoms. The Morgan fingerprint density at radius 1 is 1.42 bits per heavy atom. The third kappa shape index (κ3) is 2.52. The summed E-state index contributed by atoms with van der Waals surface area (Å²) in [6, 6.07) is 2.82. The lowest BCUT2D eigenvalue weighted by Crippen LogP contribution is -2.16. The number of anilines is 1. The van der Waals surface area contributed by atoms with Crippen LogP contribution in [0.1, 0.15) is 0 Å². The molecule has 1 heterocycles. The SMILES string of the molecule is O=[N+]([O-])c1c(F)cccc1S(=O)(=O)Nc1ncc[nH]1. The monoisotopic (exact) mass is 286 g/mol. The normalized spacial score (nSPS) is 11.2. The number of benzene rings is 1. The molecule has 0 aliphatic heterocycles. The Hall–Kier alpha value is -2.49. The zero-order valence-corrected chi connectivity index (χ0v) is 10.0. The van der Waals surface area contributed by atoms with Gasteiger partial charge in [0.25, 0.3) is 10.0 Å². The summed E-state index contributed by atoms with van der Waals surface area (Å²) in [5.41, 5.74) is -1.11. The highest BCUT2D eigenvalue weighted by Crippen LogP contribution is 2.27. The second-order valence-corrected chi connectivity index (χ2v) is 5.04. The van der Waals surface area contributed by atoms with Crippen LogP contribution in [0.5, 0.6) is 0 Å². The summed E-state index contributed by atoms with van der Waals surface area (Å²) in [7, 11) is -4.31. The van der Waals surface area contributed by atoms with Gasteiger partial charge in [-0.3, -0.25) is 10.1 Å². The van der Waals surface area contributed by atoms with E-state index in [4.69, 9.17) is 0 Å². The summed E-state index contributed by atoms with van der Waals surface area (Å²) in [4.78, 5) is 15.0. The number of imidazole rings is 1. The molecule has 0 unspecified atom stereocenters. The molecule has 0 amide bonds. The minimum atomic E-state index is -4.31. The fraction of sp³-hybridized carbons (Fsp3) is 0. The maximum Gasteiger partial charge on any atom is 0.325 e. The molecule has 0 radical (unpaired) electrons. The molecule has 19 heavy (non-hydrogen) atoms. The molecular weight excluding hydrogens is 279 g/mol. The number of para-hydroxylation sites is 1. The highest BCUT2D eigenvalue weighted by molar-refractivity contribution is 7.92. The fourth-order valence-corrected chi connectivity index (χ4v) is 2.55. The topological polar surface area (TPSA) is 118 Å². The molecule has 2 aromatic rings. The van der Waals surface area contributed by atoms with Gasteiger partial charge >= 0.3 is 5.69 Å². The average molecular weight is 286 g/mol. The van der Waals surface area contributed by atoms with E-state index in [1.165, 1.54) is 12.4 Å². The van der Waals surface area contributed by atoms with E-state index in [-0.39, 0.29) is 5.95 Å². The first-order chi connectivity index (χ1) is 8.92. The maximum absolute atomic E-state index is 13.4. The number of halogens is 1. The summed E-state index contributed by atoms with van der Waals surface area (Å²) in [6.45, 7) is 0. The Balaban J connectivity index is 2.52. The minimum absolute atomic E-state index is 0.126. The predicted octanol–water partition coefficient (Wildman–Crippen LogP) is 1.26. The highest BCUT2D eigenvalue weighted by atomic mass is 32.2. The summed E-state index contributed by atoms with van der Waals surface area (Å²) < 4.78 is 39.2. The van der Waals surface area contributed by atoms with Crippen molar-refractivity contribution in [2.24, 2.45) is 0 Å². The van der Waals surface area contributed by atoms with Gasteiger partial charge in [0, 0.05) is 12.4 Å². The van der Waals surface area contributed by atoms with Gasteiger partial charge in [-0.25, -0.2) is 18.1 Å². The minimum Gasteiger partial charge on any atom is -0.330 e. The van der Waals surface area contributed by atoms with Crippen LogP contribution in [-0.2, 0) is 10.0 Å². The molecule has 0 bridgehead atoms. The smallest absolute Gasteiger partial charge is 0.325 e. The van der Waals surface area contributed by atoms with Crippen LogP contribution in [0.2, 0.25) is 0 Å². The number of nitro benzene ring substituents is 1. The molecule has 0 saturated heterocycles. The van der Waals surface area contributed by atoms with Crippen molar-refractivity contribution in [1.82, 2.24) is 9.97 Å². The van der Waals surface area contributed by atoms with Crippen LogP contribution in [-0.4, -0.2) is 23.3 Å². The summed E-state index contributed by atoms with van der Waals surface area (Å²) in [5.74, 6) is -1.36. The second-order valence-electron chi connectivity index (χ2n) is 3.39. The molecule has 0 atom stereocenters. The zero-order valence-electron chi connectivity index (χ0n) is 9.20. The van der Waals surface area contributed by atoms with Gasteiger partial charge < -0.3 is 4.98 Å². The largest absolute Gasteiger partial charge is 0.330 e. The maximum atomic E-state index is 13.4. The predicted molar refractivity (Wildman–Crippen MR) is 62.5 cm³/mol. The van der Waals surface area contributed by atoms with Crippen LogP contribution in [0, 0.1) is 15.9 Å². The highest BCUT2D eigenvalue weighted by Gasteiger charge is 2.29. The standard InChI is InChI=1S/C9H7FN4O4S/c10-6-2-1-3-7(8(6)14(15)16)19(17,18)13-9-11-4-5-12-9/h1-5H,(H2,11,12,13). The molecule has 0 aliphatic rings. The molecule has 0 fully saturated rings. The number of rotatable bonds is 4. The van der Waals surface area contributed by atoms with Crippen molar-refractivity contribution in [1.29, 1.82) is 0 Å². The Bertz CT molecular complexity index is 714. The van der Waals surface area contributed by atoms with Crippen LogP contribution in [0.4, 0.5) is 16.0 Å². The van der Waals surface area contributed by atoms with Gasteiger partial charge in [0.2, 0.25) is 11.8 Å². The van der Waals surface area contributed by atoms with E-state index in [2.05, 4.69) is 9.97 Å². The number of nitrogens with zero attached hydrogens (tertiary/aromatic N) is 2. The number of aromatic amines is 1. The number of hydrogen-bond acceptors (Lipinski definition) is 5. The van der Waals surface area contributed by atoms with Gasteiger partial charge in [0.1, 0.15) is 0 Å². The van der Waals surface area contributed by atoms with Crippen molar-refractivity contribution in [2.45, 2.75) is 4.90 Å². The molecule has 2 N–H and O–H groups in total. The number of hydrogen-bond donors (Lipinski definition) is 2. The first-order valence-electron chi connectivity index (χ1n) is 4.87.